The molecule has 4 nitrogen and oxygen atoms in total. The van der Waals surface area contributed by atoms with E-state index in [1.807, 2.05) is 25.8 Å². The average molecular weight is 173 g/mol. The zero-order valence-electron chi connectivity index (χ0n) is 7.70. The molecule has 1 rings (SSSR count). The molecule has 4 heteroatoms. The highest BCUT2D eigenvalue weighted by atomic mass is 16.5. The molecule has 70 valence electrons. The van der Waals surface area contributed by atoms with Gasteiger partial charge in [-0.25, -0.2) is 4.79 Å². The molecule has 0 saturated carbocycles. The fraction of sp³-hybridized carbons (Fsp3) is 0.875. The lowest BCUT2D eigenvalue weighted by Crippen LogP contribution is -2.53. The molecule has 0 aromatic heterocycles. The fourth-order valence-corrected chi connectivity index (χ4v) is 1.59. The van der Waals surface area contributed by atoms with Gasteiger partial charge in [-0.15, -0.1) is 0 Å². The minimum Gasteiger partial charge on any atom is -0.479 e. The van der Waals surface area contributed by atoms with Crippen molar-refractivity contribution in [2.75, 3.05) is 20.1 Å². The minimum atomic E-state index is -0.880. The maximum absolute atomic E-state index is 10.6. The van der Waals surface area contributed by atoms with Gasteiger partial charge in [0, 0.05) is 13.1 Å². The van der Waals surface area contributed by atoms with E-state index in [1.165, 1.54) is 0 Å². The average Bonchev–Trinajstić information content (AvgIpc) is 1.82. The van der Waals surface area contributed by atoms with Crippen molar-refractivity contribution in [1.29, 1.82) is 0 Å². The molecule has 0 aliphatic carbocycles. The van der Waals surface area contributed by atoms with Gasteiger partial charge < -0.3 is 14.7 Å². The van der Waals surface area contributed by atoms with Gasteiger partial charge in [0.05, 0.1) is 5.60 Å². The van der Waals surface area contributed by atoms with Crippen LogP contribution in [0.15, 0.2) is 0 Å². The summed E-state index contributed by atoms with van der Waals surface area (Å²) in [6.07, 6.45) is -0.682. The summed E-state index contributed by atoms with van der Waals surface area (Å²) in [6.45, 7) is 5.05. The lowest BCUT2D eigenvalue weighted by Gasteiger charge is -2.39. The number of nitrogens with zero attached hydrogens (tertiary/aromatic N) is 1. The van der Waals surface area contributed by atoms with Gasteiger partial charge in [0.2, 0.25) is 0 Å². The smallest absolute Gasteiger partial charge is 0.334 e. The molecular formula is C8H15NO3. The molecule has 0 aromatic carbocycles. The van der Waals surface area contributed by atoms with Crippen molar-refractivity contribution in [2.24, 2.45) is 0 Å². The molecule has 0 amide bonds. The summed E-state index contributed by atoms with van der Waals surface area (Å²) in [5, 5.41) is 8.74. The van der Waals surface area contributed by atoms with Gasteiger partial charge in [-0.3, -0.25) is 0 Å². The van der Waals surface area contributed by atoms with Crippen LogP contribution in [0.5, 0.6) is 0 Å². The Morgan fingerprint density at radius 1 is 1.67 bits per heavy atom. The Bertz CT molecular complexity index is 191. The number of hydrogen-bond acceptors (Lipinski definition) is 3. The maximum atomic E-state index is 10.6. The van der Waals surface area contributed by atoms with E-state index in [4.69, 9.17) is 9.84 Å². The zero-order valence-corrected chi connectivity index (χ0v) is 7.70. The monoisotopic (exact) mass is 173 g/mol. The summed E-state index contributed by atoms with van der Waals surface area (Å²) >= 11 is 0. The van der Waals surface area contributed by atoms with Crippen LogP contribution in [-0.4, -0.2) is 47.8 Å². The zero-order chi connectivity index (χ0) is 9.35. The van der Waals surface area contributed by atoms with E-state index in [0.717, 1.165) is 6.54 Å². The minimum absolute atomic E-state index is 0.351. The van der Waals surface area contributed by atoms with Gasteiger partial charge in [0.1, 0.15) is 0 Å². The van der Waals surface area contributed by atoms with Crippen LogP contribution in [0.1, 0.15) is 13.8 Å². The first-order chi connectivity index (χ1) is 5.41. The van der Waals surface area contributed by atoms with Crippen molar-refractivity contribution in [3.63, 3.8) is 0 Å². The fourth-order valence-electron chi connectivity index (χ4n) is 1.59. The van der Waals surface area contributed by atoms with Gasteiger partial charge >= 0.3 is 5.97 Å². The van der Waals surface area contributed by atoms with Crippen molar-refractivity contribution in [3.05, 3.63) is 0 Å². The van der Waals surface area contributed by atoms with Crippen LogP contribution in [0, 0.1) is 0 Å². The number of ether oxygens (including phenoxy) is 1. The van der Waals surface area contributed by atoms with E-state index in [2.05, 4.69) is 0 Å². The van der Waals surface area contributed by atoms with E-state index in [-0.39, 0.29) is 5.60 Å². The van der Waals surface area contributed by atoms with E-state index in [1.54, 1.807) is 0 Å². The van der Waals surface area contributed by atoms with Crippen LogP contribution < -0.4 is 0 Å². The Morgan fingerprint density at radius 2 is 2.25 bits per heavy atom. The maximum Gasteiger partial charge on any atom is 0.334 e. The van der Waals surface area contributed by atoms with E-state index in [9.17, 15) is 4.79 Å². The number of carboxylic acid groups (broad SMARTS) is 1. The molecule has 1 heterocycles. The third kappa shape index (κ3) is 2.19. The van der Waals surface area contributed by atoms with Crippen molar-refractivity contribution >= 4 is 5.97 Å². The largest absolute Gasteiger partial charge is 0.479 e. The summed E-state index contributed by atoms with van der Waals surface area (Å²) in [6, 6.07) is 0. The van der Waals surface area contributed by atoms with Crippen LogP contribution in [0.3, 0.4) is 0 Å². The molecule has 1 aliphatic rings. The molecule has 0 radical (unpaired) electrons. The second-order valence-corrected chi connectivity index (χ2v) is 3.90. The molecule has 1 atom stereocenters. The molecule has 1 saturated heterocycles. The number of aliphatic carboxylic acids is 1. The predicted molar refractivity (Wildman–Crippen MR) is 44.1 cm³/mol. The molecule has 0 unspecified atom stereocenters. The highest BCUT2D eigenvalue weighted by Crippen LogP contribution is 2.19. The molecule has 12 heavy (non-hydrogen) atoms. The lowest BCUT2D eigenvalue weighted by molar-refractivity contribution is -0.176. The first-order valence-corrected chi connectivity index (χ1v) is 4.00. The Balaban J connectivity index is 2.64. The summed E-state index contributed by atoms with van der Waals surface area (Å²) in [4.78, 5) is 12.6. The summed E-state index contributed by atoms with van der Waals surface area (Å²) < 4.78 is 5.36. The van der Waals surface area contributed by atoms with Crippen LogP contribution >= 0.6 is 0 Å². The Hall–Kier alpha value is -0.610. The van der Waals surface area contributed by atoms with Gasteiger partial charge in [0.15, 0.2) is 6.10 Å². The Labute approximate surface area is 72.1 Å². The first-order valence-electron chi connectivity index (χ1n) is 4.00. The van der Waals surface area contributed by atoms with Crippen LogP contribution in [0.2, 0.25) is 0 Å². The van der Waals surface area contributed by atoms with Crippen molar-refractivity contribution in [3.8, 4) is 0 Å². The molecule has 0 bridgehead atoms. The number of likely N-dealkylation sites (N-methyl/N-ethyl adjacent to an activating group) is 1. The van der Waals surface area contributed by atoms with Gasteiger partial charge in [0.25, 0.3) is 0 Å². The Kier molecular flexibility index (Phi) is 2.39. The summed E-state index contributed by atoms with van der Waals surface area (Å²) in [5.41, 5.74) is -0.351. The quantitative estimate of drug-likeness (QED) is 0.614. The highest BCUT2D eigenvalue weighted by molar-refractivity contribution is 5.72. The van der Waals surface area contributed by atoms with Gasteiger partial charge in [-0.2, -0.15) is 0 Å². The standard InChI is InChI=1S/C8H15NO3/c1-8(2)5-9(3)4-6(12-8)7(10)11/h6H,4-5H2,1-3H3,(H,10,11)/t6-/m0/s1. The number of hydrogen-bond donors (Lipinski definition) is 1. The van der Waals surface area contributed by atoms with Gasteiger partial charge in [-0.1, -0.05) is 0 Å². The molecule has 1 N–H and O–H groups in total. The van der Waals surface area contributed by atoms with E-state index in [0.29, 0.717) is 6.54 Å². The molecule has 0 spiro atoms. The molecule has 1 aliphatic heterocycles. The highest BCUT2D eigenvalue weighted by Gasteiger charge is 2.35. The van der Waals surface area contributed by atoms with Crippen LogP contribution in [0.4, 0.5) is 0 Å². The predicted octanol–water partition coefficient (Wildman–Crippen LogP) is 0.180. The van der Waals surface area contributed by atoms with Crippen LogP contribution in [-0.2, 0) is 9.53 Å². The second kappa shape index (κ2) is 3.03. The van der Waals surface area contributed by atoms with Crippen molar-refractivity contribution < 1.29 is 14.6 Å². The number of rotatable bonds is 1. The van der Waals surface area contributed by atoms with Crippen molar-refractivity contribution in [2.45, 2.75) is 25.6 Å². The van der Waals surface area contributed by atoms with E-state index < -0.39 is 12.1 Å². The first kappa shape index (κ1) is 9.48. The van der Waals surface area contributed by atoms with Crippen molar-refractivity contribution in [1.82, 2.24) is 4.90 Å². The normalized spacial score (nSPS) is 30.1. The number of carbonyl (C=O) groups is 1. The molecular weight excluding hydrogens is 158 g/mol. The second-order valence-electron chi connectivity index (χ2n) is 3.90. The third-order valence-corrected chi connectivity index (χ3v) is 1.86. The molecule has 1 fully saturated rings. The topological polar surface area (TPSA) is 49.8 Å². The molecule has 0 aromatic rings. The summed E-state index contributed by atoms with van der Waals surface area (Å²) in [5.74, 6) is -0.880. The van der Waals surface area contributed by atoms with E-state index >= 15 is 0 Å². The third-order valence-electron chi connectivity index (χ3n) is 1.86. The lowest BCUT2D eigenvalue weighted by atomic mass is 10.1. The number of carboxylic acids is 1. The Morgan fingerprint density at radius 3 is 2.67 bits per heavy atom. The summed E-state index contributed by atoms with van der Waals surface area (Å²) in [7, 11) is 1.90. The van der Waals surface area contributed by atoms with Crippen LogP contribution in [0.25, 0.3) is 0 Å². The number of morpholine rings is 1. The van der Waals surface area contributed by atoms with Gasteiger partial charge in [-0.05, 0) is 20.9 Å². The SMILES string of the molecule is CN1C[C@@H](C(=O)O)OC(C)(C)C1.